The Balaban J connectivity index is 0.00000420. The first-order valence-electron chi connectivity index (χ1n) is 8.50. The fraction of sp³-hybridized carbons (Fsp3) is 0.316. The lowest BCUT2D eigenvalue weighted by atomic mass is 10.2. The number of nitrogens with one attached hydrogen (secondary N) is 1. The number of aliphatic hydroxyl groups excluding tert-OH is 1. The van der Waals surface area contributed by atoms with Crippen molar-refractivity contribution in [2.75, 3.05) is 13.2 Å². The monoisotopic (exact) mass is 525 g/mol. The van der Waals surface area contributed by atoms with Crippen molar-refractivity contribution < 1.29 is 27.8 Å². The van der Waals surface area contributed by atoms with Crippen molar-refractivity contribution in [1.82, 2.24) is 5.32 Å². The minimum absolute atomic E-state index is 0. The van der Waals surface area contributed by atoms with Crippen LogP contribution in [-0.2, 0) is 17.9 Å². The molecule has 0 saturated carbocycles. The second-order valence-electron chi connectivity index (χ2n) is 5.93. The summed E-state index contributed by atoms with van der Waals surface area (Å²) in [6.07, 6.45) is -5.49. The van der Waals surface area contributed by atoms with Gasteiger partial charge < -0.3 is 25.6 Å². The highest BCUT2D eigenvalue weighted by Crippen LogP contribution is 2.22. The zero-order valence-electron chi connectivity index (χ0n) is 15.4. The molecule has 4 N–H and O–H groups in total. The molecular formula is C19H23F3IN3O3. The van der Waals surface area contributed by atoms with Gasteiger partial charge in [0.2, 0.25) is 0 Å². The Hall–Kier alpha value is -2.05. The van der Waals surface area contributed by atoms with Crippen molar-refractivity contribution in [2.45, 2.75) is 25.6 Å². The fourth-order valence-electron chi connectivity index (χ4n) is 2.20. The Kier molecular flexibility index (Phi) is 10.8. The second-order valence-corrected chi connectivity index (χ2v) is 5.93. The van der Waals surface area contributed by atoms with Crippen LogP contribution < -0.4 is 15.8 Å². The molecule has 0 amide bonds. The number of aliphatic hydroxyl groups is 1. The van der Waals surface area contributed by atoms with Crippen molar-refractivity contribution in [3.8, 4) is 5.75 Å². The predicted molar refractivity (Wildman–Crippen MR) is 114 cm³/mol. The molecule has 29 heavy (non-hydrogen) atoms. The lowest BCUT2D eigenvalue weighted by molar-refractivity contribution is -0.274. The molecule has 10 heteroatoms. The van der Waals surface area contributed by atoms with Gasteiger partial charge in [-0.2, -0.15) is 0 Å². The number of halogens is 4. The summed E-state index contributed by atoms with van der Waals surface area (Å²) in [5.41, 5.74) is 7.38. The van der Waals surface area contributed by atoms with Gasteiger partial charge in [0.25, 0.3) is 0 Å². The maximum absolute atomic E-state index is 12.1. The quantitative estimate of drug-likeness (QED) is 0.266. The Morgan fingerprint density at radius 3 is 2.34 bits per heavy atom. The third-order valence-electron chi connectivity index (χ3n) is 3.53. The zero-order chi connectivity index (χ0) is 20.4. The number of alkyl halides is 3. The van der Waals surface area contributed by atoms with Gasteiger partial charge in [0, 0.05) is 6.54 Å². The highest BCUT2D eigenvalue weighted by atomic mass is 127. The number of nitrogens with zero attached hydrogens (tertiary/aromatic N) is 1. The topological polar surface area (TPSA) is 89.1 Å². The number of ether oxygens (including phenoxy) is 2. The molecule has 0 aliphatic rings. The Labute approximate surface area is 183 Å². The molecule has 2 aromatic carbocycles. The average Bonchev–Trinajstić information content (AvgIpc) is 2.65. The van der Waals surface area contributed by atoms with E-state index in [9.17, 15) is 18.3 Å². The lowest BCUT2D eigenvalue weighted by Crippen LogP contribution is -2.39. The second kappa shape index (κ2) is 12.5. The van der Waals surface area contributed by atoms with E-state index in [0.29, 0.717) is 12.2 Å². The number of nitrogens with two attached hydrogens (primary N) is 1. The standard InChI is InChI=1S/C19H22F3N3O3.HI/c20-19(21,22)28-17-8-6-14(7-9-17)10-24-18(23)25-11-16(26)13-27-12-15-4-2-1-3-5-15;/h1-9,16,26H,10-13H2,(H3,23,24,25);1H. The van der Waals surface area contributed by atoms with E-state index >= 15 is 0 Å². The minimum Gasteiger partial charge on any atom is -0.406 e. The van der Waals surface area contributed by atoms with E-state index in [1.165, 1.54) is 24.3 Å². The van der Waals surface area contributed by atoms with Crippen LogP contribution in [0.25, 0.3) is 0 Å². The molecule has 0 fully saturated rings. The molecule has 2 aromatic rings. The Morgan fingerprint density at radius 1 is 1.07 bits per heavy atom. The molecule has 6 nitrogen and oxygen atoms in total. The van der Waals surface area contributed by atoms with Crippen LogP contribution in [0.5, 0.6) is 5.75 Å². The van der Waals surface area contributed by atoms with Crippen LogP contribution in [0.4, 0.5) is 13.2 Å². The summed E-state index contributed by atoms with van der Waals surface area (Å²) in [6, 6.07) is 14.9. The summed E-state index contributed by atoms with van der Waals surface area (Å²) in [5.74, 6) is -0.192. The van der Waals surface area contributed by atoms with Gasteiger partial charge in [-0.3, -0.25) is 0 Å². The Bertz CT molecular complexity index is 744. The largest absolute Gasteiger partial charge is 0.573 e. The molecule has 0 radical (unpaired) electrons. The summed E-state index contributed by atoms with van der Waals surface area (Å²) >= 11 is 0. The van der Waals surface area contributed by atoms with Crippen molar-refractivity contribution in [1.29, 1.82) is 0 Å². The van der Waals surface area contributed by atoms with Gasteiger partial charge in [0.1, 0.15) is 5.75 Å². The fourth-order valence-corrected chi connectivity index (χ4v) is 2.20. The summed E-state index contributed by atoms with van der Waals surface area (Å²) < 4.78 is 45.6. The molecule has 0 spiro atoms. The van der Waals surface area contributed by atoms with Gasteiger partial charge in [0.05, 0.1) is 25.9 Å². The average molecular weight is 525 g/mol. The normalized spacial score (nSPS) is 12.8. The summed E-state index contributed by atoms with van der Waals surface area (Å²) in [5, 5.41) is 12.6. The van der Waals surface area contributed by atoms with Crippen LogP contribution in [0.15, 0.2) is 59.6 Å². The molecule has 0 aliphatic heterocycles. The van der Waals surface area contributed by atoms with E-state index in [1.807, 2.05) is 30.3 Å². The first-order chi connectivity index (χ1) is 13.3. The van der Waals surface area contributed by atoms with Gasteiger partial charge >= 0.3 is 6.36 Å². The van der Waals surface area contributed by atoms with E-state index in [2.05, 4.69) is 15.0 Å². The van der Waals surface area contributed by atoms with Crippen LogP contribution in [0.1, 0.15) is 11.1 Å². The number of guanidine groups is 1. The molecule has 0 bridgehead atoms. The van der Waals surface area contributed by atoms with Gasteiger partial charge in [-0.15, -0.1) is 37.1 Å². The number of hydrogen-bond acceptors (Lipinski definition) is 4. The van der Waals surface area contributed by atoms with Crippen LogP contribution in [-0.4, -0.2) is 36.7 Å². The van der Waals surface area contributed by atoms with E-state index in [4.69, 9.17) is 10.5 Å². The first-order valence-corrected chi connectivity index (χ1v) is 8.50. The van der Waals surface area contributed by atoms with E-state index in [1.54, 1.807) is 0 Å². The van der Waals surface area contributed by atoms with Gasteiger partial charge in [-0.1, -0.05) is 42.5 Å². The molecule has 160 valence electrons. The molecular weight excluding hydrogens is 502 g/mol. The van der Waals surface area contributed by atoms with Gasteiger partial charge in [-0.05, 0) is 23.3 Å². The van der Waals surface area contributed by atoms with Crippen LogP contribution in [0.3, 0.4) is 0 Å². The van der Waals surface area contributed by atoms with Crippen molar-refractivity contribution in [3.63, 3.8) is 0 Å². The number of aliphatic imine (C=N–C) groups is 1. The van der Waals surface area contributed by atoms with E-state index in [-0.39, 0.29) is 55.4 Å². The number of rotatable bonds is 9. The Morgan fingerprint density at radius 2 is 1.72 bits per heavy atom. The summed E-state index contributed by atoms with van der Waals surface area (Å²) in [4.78, 5) is 4.07. The smallest absolute Gasteiger partial charge is 0.406 e. The molecule has 0 saturated heterocycles. The summed E-state index contributed by atoms with van der Waals surface area (Å²) in [7, 11) is 0. The van der Waals surface area contributed by atoms with E-state index < -0.39 is 12.5 Å². The molecule has 0 heterocycles. The molecule has 0 aromatic heterocycles. The minimum atomic E-state index is -4.72. The molecule has 2 rings (SSSR count). The van der Waals surface area contributed by atoms with Crippen molar-refractivity contribution >= 4 is 29.9 Å². The van der Waals surface area contributed by atoms with Crippen LogP contribution >= 0.6 is 24.0 Å². The van der Waals surface area contributed by atoms with Crippen LogP contribution in [0, 0.1) is 0 Å². The maximum atomic E-state index is 12.1. The predicted octanol–water partition coefficient (Wildman–Crippen LogP) is 3.19. The van der Waals surface area contributed by atoms with E-state index in [0.717, 1.165) is 5.56 Å². The number of benzene rings is 2. The number of hydrogen-bond donors (Lipinski definition) is 3. The molecule has 0 aliphatic carbocycles. The zero-order valence-corrected chi connectivity index (χ0v) is 17.8. The molecule has 1 atom stereocenters. The van der Waals surface area contributed by atoms with Crippen LogP contribution in [0.2, 0.25) is 0 Å². The van der Waals surface area contributed by atoms with Gasteiger partial charge in [0.15, 0.2) is 5.96 Å². The highest BCUT2D eigenvalue weighted by molar-refractivity contribution is 14.0. The first kappa shape index (κ1) is 25.0. The maximum Gasteiger partial charge on any atom is 0.573 e. The lowest BCUT2D eigenvalue weighted by Gasteiger charge is -2.13. The SMILES string of the molecule is I.NC(=NCc1ccc(OC(F)(F)F)cc1)NCC(O)COCc1ccccc1. The summed E-state index contributed by atoms with van der Waals surface area (Å²) in [6.45, 7) is 0.861. The molecule has 1 unspecified atom stereocenters. The highest BCUT2D eigenvalue weighted by Gasteiger charge is 2.30. The van der Waals surface area contributed by atoms with Crippen molar-refractivity contribution in [3.05, 3.63) is 65.7 Å². The van der Waals surface area contributed by atoms with Crippen molar-refractivity contribution in [2.24, 2.45) is 10.7 Å². The third-order valence-corrected chi connectivity index (χ3v) is 3.53. The third kappa shape index (κ3) is 10.9. The van der Waals surface area contributed by atoms with Gasteiger partial charge in [-0.25, -0.2) is 4.99 Å².